The van der Waals surface area contributed by atoms with Gasteiger partial charge in [0, 0.05) is 20.2 Å². The quantitative estimate of drug-likeness (QED) is 0.619. The Labute approximate surface area is 72.1 Å². The van der Waals surface area contributed by atoms with Crippen molar-refractivity contribution in [2.75, 3.05) is 26.8 Å². The first-order valence-corrected chi connectivity index (χ1v) is 4.19. The topological polar surface area (TPSA) is 49.8 Å². The lowest BCUT2D eigenvalue weighted by Gasteiger charge is -2.29. The van der Waals surface area contributed by atoms with Gasteiger partial charge in [0.15, 0.2) is 0 Å². The van der Waals surface area contributed by atoms with Gasteiger partial charge in [0.1, 0.15) is 6.61 Å². The van der Waals surface area contributed by atoms with Gasteiger partial charge >= 0.3 is 0 Å². The van der Waals surface area contributed by atoms with Gasteiger partial charge in [0.2, 0.25) is 5.91 Å². The second-order valence-corrected chi connectivity index (χ2v) is 3.07. The van der Waals surface area contributed by atoms with Crippen LogP contribution in [0.3, 0.4) is 0 Å². The Bertz CT molecular complexity index is 160. The van der Waals surface area contributed by atoms with Gasteiger partial charge < -0.3 is 14.7 Å². The van der Waals surface area contributed by atoms with E-state index in [1.54, 1.807) is 4.90 Å². The van der Waals surface area contributed by atoms with Crippen molar-refractivity contribution >= 4 is 5.91 Å². The highest BCUT2D eigenvalue weighted by molar-refractivity contribution is 5.77. The summed E-state index contributed by atoms with van der Waals surface area (Å²) in [5, 5.41) is 9.26. The Balaban J connectivity index is 2.35. The van der Waals surface area contributed by atoms with Crippen LogP contribution < -0.4 is 0 Å². The number of aliphatic hydroxyl groups is 1. The van der Waals surface area contributed by atoms with Crippen molar-refractivity contribution < 1.29 is 14.6 Å². The third-order valence-corrected chi connectivity index (χ3v) is 2.02. The zero-order chi connectivity index (χ0) is 8.97. The van der Waals surface area contributed by atoms with E-state index in [0.29, 0.717) is 6.54 Å². The van der Waals surface area contributed by atoms with Gasteiger partial charge in [-0.25, -0.2) is 0 Å². The molecule has 0 aliphatic carbocycles. The molecule has 1 aliphatic heterocycles. The fourth-order valence-corrected chi connectivity index (χ4v) is 1.40. The smallest absolute Gasteiger partial charge is 0.248 e. The van der Waals surface area contributed by atoms with Crippen LogP contribution in [0, 0.1) is 0 Å². The van der Waals surface area contributed by atoms with Crippen LogP contribution in [0.2, 0.25) is 0 Å². The number of likely N-dealkylation sites (tertiary alicyclic amines) is 1. The van der Waals surface area contributed by atoms with E-state index >= 15 is 0 Å². The van der Waals surface area contributed by atoms with Crippen molar-refractivity contribution in [3.8, 4) is 0 Å². The molecule has 0 aromatic rings. The van der Waals surface area contributed by atoms with Gasteiger partial charge in [0.25, 0.3) is 0 Å². The molecule has 1 N–H and O–H groups in total. The molecule has 0 spiro atoms. The maximum Gasteiger partial charge on any atom is 0.248 e. The Morgan fingerprint density at radius 2 is 2.50 bits per heavy atom. The Morgan fingerprint density at radius 3 is 3.08 bits per heavy atom. The summed E-state index contributed by atoms with van der Waals surface area (Å²) in [6.07, 6.45) is 1.34. The molecule has 1 saturated heterocycles. The highest BCUT2D eigenvalue weighted by Crippen LogP contribution is 2.09. The molecule has 4 nitrogen and oxygen atoms in total. The van der Waals surface area contributed by atoms with Crippen LogP contribution in [0.1, 0.15) is 12.8 Å². The maximum absolute atomic E-state index is 11.2. The summed E-state index contributed by atoms with van der Waals surface area (Å²) < 4.78 is 4.72. The van der Waals surface area contributed by atoms with Crippen LogP contribution in [0.15, 0.2) is 0 Å². The van der Waals surface area contributed by atoms with Gasteiger partial charge in [-0.05, 0) is 12.8 Å². The number of nitrogens with zero attached hydrogens (tertiary/aromatic N) is 1. The molecule has 0 aromatic carbocycles. The first-order valence-electron chi connectivity index (χ1n) is 4.19. The SMILES string of the molecule is COCC(=O)N1CCC[C@H](O)C1. The molecular formula is C8H15NO3. The Morgan fingerprint density at radius 1 is 1.75 bits per heavy atom. The first-order chi connectivity index (χ1) is 5.74. The number of piperidine rings is 1. The molecule has 0 saturated carbocycles. The van der Waals surface area contributed by atoms with Gasteiger partial charge in [-0.3, -0.25) is 4.79 Å². The predicted octanol–water partition coefficient (Wildman–Crippen LogP) is -0.384. The average molecular weight is 173 g/mol. The highest BCUT2D eigenvalue weighted by atomic mass is 16.5. The van der Waals surface area contributed by atoms with Crippen LogP contribution in [0.5, 0.6) is 0 Å². The van der Waals surface area contributed by atoms with Gasteiger partial charge in [-0.2, -0.15) is 0 Å². The number of rotatable bonds is 2. The van der Waals surface area contributed by atoms with E-state index in [-0.39, 0.29) is 18.6 Å². The van der Waals surface area contributed by atoms with Crippen molar-refractivity contribution in [3.05, 3.63) is 0 Å². The second-order valence-electron chi connectivity index (χ2n) is 3.07. The summed E-state index contributed by atoms with van der Waals surface area (Å²) in [4.78, 5) is 12.9. The number of carbonyl (C=O) groups is 1. The predicted molar refractivity (Wildman–Crippen MR) is 43.7 cm³/mol. The monoisotopic (exact) mass is 173 g/mol. The third kappa shape index (κ3) is 2.46. The number of β-amino-alcohol motifs (C(OH)–C–C–N with tert-alkyl or cyclic N) is 1. The lowest BCUT2D eigenvalue weighted by atomic mass is 10.1. The lowest BCUT2D eigenvalue weighted by molar-refractivity contribution is -0.138. The Kier molecular flexibility index (Phi) is 3.49. The van der Waals surface area contributed by atoms with Crippen LogP contribution >= 0.6 is 0 Å². The van der Waals surface area contributed by atoms with E-state index in [1.165, 1.54) is 7.11 Å². The lowest BCUT2D eigenvalue weighted by Crippen LogP contribution is -2.43. The van der Waals surface area contributed by atoms with Crippen LogP contribution in [0.4, 0.5) is 0 Å². The summed E-state index contributed by atoms with van der Waals surface area (Å²) >= 11 is 0. The second kappa shape index (κ2) is 4.42. The van der Waals surface area contributed by atoms with E-state index in [1.807, 2.05) is 0 Å². The number of aliphatic hydroxyl groups excluding tert-OH is 1. The Hall–Kier alpha value is -0.610. The van der Waals surface area contributed by atoms with Crippen LogP contribution in [-0.2, 0) is 9.53 Å². The number of amides is 1. The molecule has 12 heavy (non-hydrogen) atoms. The van der Waals surface area contributed by atoms with E-state index in [0.717, 1.165) is 19.4 Å². The van der Waals surface area contributed by atoms with Gasteiger partial charge in [-0.1, -0.05) is 0 Å². The van der Waals surface area contributed by atoms with E-state index in [9.17, 15) is 9.90 Å². The minimum Gasteiger partial charge on any atom is -0.391 e. The standard InChI is InChI=1S/C8H15NO3/c1-12-6-8(11)9-4-2-3-7(10)5-9/h7,10H,2-6H2,1H3/t7-/m0/s1. The summed E-state index contributed by atoms with van der Waals surface area (Å²) in [5.74, 6) is -0.0312. The molecule has 1 rings (SSSR count). The molecule has 4 heteroatoms. The highest BCUT2D eigenvalue weighted by Gasteiger charge is 2.21. The van der Waals surface area contributed by atoms with Crippen molar-refractivity contribution in [1.29, 1.82) is 0 Å². The molecule has 0 bridgehead atoms. The molecule has 0 aromatic heterocycles. The fraction of sp³-hybridized carbons (Fsp3) is 0.875. The third-order valence-electron chi connectivity index (χ3n) is 2.02. The average Bonchev–Trinajstić information content (AvgIpc) is 2.05. The molecule has 0 unspecified atom stereocenters. The van der Waals surface area contributed by atoms with E-state index in [4.69, 9.17) is 4.74 Å². The van der Waals surface area contributed by atoms with Gasteiger partial charge in [0.05, 0.1) is 6.10 Å². The number of carbonyl (C=O) groups excluding carboxylic acids is 1. The molecule has 0 radical (unpaired) electrons. The zero-order valence-corrected chi connectivity index (χ0v) is 7.32. The molecule has 1 fully saturated rings. The summed E-state index contributed by atoms with van der Waals surface area (Å²) in [5.41, 5.74) is 0. The summed E-state index contributed by atoms with van der Waals surface area (Å²) in [6.45, 7) is 1.33. The molecule has 1 amide bonds. The minimum atomic E-state index is -0.348. The number of hydrogen-bond acceptors (Lipinski definition) is 3. The number of hydrogen-bond donors (Lipinski definition) is 1. The van der Waals surface area contributed by atoms with Crippen LogP contribution in [-0.4, -0.2) is 48.8 Å². The molecule has 1 atom stereocenters. The molecule has 1 heterocycles. The molecule has 1 aliphatic rings. The first kappa shape index (κ1) is 9.48. The van der Waals surface area contributed by atoms with Crippen molar-refractivity contribution in [2.24, 2.45) is 0 Å². The van der Waals surface area contributed by atoms with Gasteiger partial charge in [-0.15, -0.1) is 0 Å². The van der Waals surface area contributed by atoms with Crippen molar-refractivity contribution in [1.82, 2.24) is 4.90 Å². The molecule has 70 valence electrons. The van der Waals surface area contributed by atoms with E-state index < -0.39 is 0 Å². The number of methoxy groups -OCH3 is 1. The fourth-order valence-electron chi connectivity index (χ4n) is 1.40. The largest absolute Gasteiger partial charge is 0.391 e. The summed E-state index contributed by atoms with van der Waals surface area (Å²) in [7, 11) is 1.50. The summed E-state index contributed by atoms with van der Waals surface area (Å²) in [6, 6.07) is 0. The van der Waals surface area contributed by atoms with Crippen LogP contribution in [0.25, 0.3) is 0 Å². The number of ether oxygens (including phenoxy) is 1. The van der Waals surface area contributed by atoms with E-state index in [2.05, 4.69) is 0 Å². The van der Waals surface area contributed by atoms with Crippen molar-refractivity contribution in [3.63, 3.8) is 0 Å². The normalized spacial score (nSPS) is 24.2. The molecular weight excluding hydrogens is 158 g/mol. The zero-order valence-electron chi connectivity index (χ0n) is 7.32. The minimum absolute atomic E-state index is 0.0312. The van der Waals surface area contributed by atoms with Crippen molar-refractivity contribution in [2.45, 2.75) is 18.9 Å². The maximum atomic E-state index is 11.2.